The van der Waals surface area contributed by atoms with Gasteiger partial charge in [-0.3, -0.25) is 4.79 Å². The molecule has 0 radical (unpaired) electrons. The van der Waals surface area contributed by atoms with Crippen molar-refractivity contribution in [2.75, 3.05) is 23.3 Å². The molecule has 140 valence electrons. The minimum absolute atomic E-state index is 0.0150. The number of fused-ring (bicyclic) bond motifs is 1. The van der Waals surface area contributed by atoms with Crippen molar-refractivity contribution in [1.29, 1.82) is 0 Å². The van der Waals surface area contributed by atoms with Gasteiger partial charge in [0.05, 0.1) is 5.92 Å². The Morgan fingerprint density at radius 3 is 3.07 bits per heavy atom. The van der Waals surface area contributed by atoms with E-state index in [1.165, 1.54) is 15.6 Å². The van der Waals surface area contributed by atoms with Crippen LogP contribution in [0, 0.1) is 12.8 Å². The quantitative estimate of drug-likeness (QED) is 0.692. The van der Waals surface area contributed by atoms with Crippen molar-refractivity contribution in [3.05, 3.63) is 53.0 Å². The number of carbonyl (C=O) groups is 1. The van der Waals surface area contributed by atoms with Crippen molar-refractivity contribution in [1.82, 2.24) is 4.98 Å². The molecular formula is C22H25N3OS. The molecule has 4 nitrogen and oxygen atoms in total. The maximum absolute atomic E-state index is 13.0. The summed E-state index contributed by atoms with van der Waals surface area (Å²) in [6, 6.07) is 10.4. The van der Waals surface area contributed by atoms with Crippen LogP contribution in [-0.4, -0.2) is 24.0 Å². The number of thiophene rings is 1. The number of anilines is 2. The highest BCUT2D eigenvalue weighted by atomic mass is 32.1. The molecule has 1 fully saturated rings. The third-order valence-electron chi connectivity index (χ3n) is 5.44. The first-order valence-electron chi connectivity index (χ1n) is 9.64. The number of para-hydroxylation sites is 1. The summed E-state index contributed by atoms with van der Waals surface area (Å²) >= 11 is 1.73. The van der Waals surface area contributed by atoms with Crippen molar-refractivity contribution in [2.45, 2.75) is 33.1 Å². The minimum atomic E-state index is -0.0150. The van der Waals surface area contributed by atoms with E-state index in [0.29, 0.717) is 0 Å². The summed E-state index contributed by atoms with van der Waals surface area (Å²) in [5.74, 6) is 1.12. The Kier molecular flexibility index (Phi) is 5.12. The second-order valence-corrected chi connectivity index (χ2v) is 8.15. The normalized spacial score (nSPS) is 17.3. The zero-order valence-electron chi connectivity index (χ0n) is 15.9. The molecular weight excluding hydrogens is 354 g/mol. The third-order valence-corrected chi connectivity index (χ3v) is 6.32. The maximum Gasteiger partial charge on any atom is 0.229 e. The molecule has 0 bridgehead atoms. The second kappa shape index (κ2) is 7.69. The van der Waals surface area contributed by atoms with Gasteiger partial charge in [-0.1, -0.05) is 25.1 Å². The van der Waals surface area contributed by atoms with Gasteiger partial charge in [0, 0.05) is 35.1 Å². The highest BCUT2D eigenvalue weighted by Gasteiger charge is 2.28. The van der Waals surface area contributed by atoms with Crippen LogP contribution in [-0.2, 0) is 11.2 Å². The van der Waals surface area contributed by atoms with Gasteiger partial charge in [-0.05, 0) is 54.8 Å². The molecule has 0 saturated carbocycles. The highest BCUT2D eigenvalue weighted by molar-refractivity contribution is 7.17. The van der Waals surface area contributed by atoms with E-state index < -0.39 is 0 Å². The number of aromatic nitrogens is 1. The fourth-order valence-corrected chi connectivity index (χ4v) is 4.72. The lowest BCUT2D eigenvalue weighted by atomic mass is 9.96. The Bertz CT molecular complexity index is 965. The lowest BCUT2D eigenvalue weighted by Crippen LogP contribution is -2.41. The monoisotopic (exact) mass is 379 g/mol. The molecule has 1 aliphatic heterocycles. The van der Waals surface area contributed by atoms with Crippen LogP contribution in [0.15, 0.2) is 41.9 Å². The second-order valence-electron chi connectivity index (χ2n) is 7.20. The molecule has 3 heterocycles. The Morgan fingerprint density at radius 2 is 2.22 bits per heavy atom. The fourth-order valence-electron chi connectivity index (χ4n) is 3.94. The average Bonchev–Trinajstić information content (AvgIpc) is 3.18. The molecule has 0 spiro atoms. The lowest BCUT2D eigenvalue weighted by Gasteiger charge is -2.33. The van der Waals surface area contributed by atoms with Crippen LogP contribution in [0.4, 0.5) is 11.5 Å². The van der Waals surface area contributed by atoms with E-state index in [9.17, 15) is 4.79 Å². The topological polar surface area (TPSA) is 45.2 Å². The van der Waals surface area contributed by atoms with Gasteiger partial charge in [-0.2, -0.15) is 0 Å². The number of benzene rings is 1. The van der Waals surface area contributed by atoms with Crippen molar-refractivity contribution in [2.24, 2.45) is 5.92 Å². The van der Waals surface area contributed by atoms with E-state index in [2.05, 4.69) is 64.8 Å². The molecule has 3 aromatic rings. The van der Waals surface area contributed by atoms with E-state index in [1.807, 2.05) is 6.20 Å². The number of amides is 1. The number of aryl methyl sites for hydroxylation is 2. The molecule has 5 heteroatoms. The molecule has 2 aromatic heterocycles. The predicted octanol–water partition coefficient (Wildman–Crippen LogP) is 5.02. The molecule has 4 rings (SSSR count). The van der Waals surface area contributed by atoms with Crippen molar-refractivity contribution in [3.63, 3.8) is 0 Å². The summed E-state index contributed by atoms with van der Waals surface area (Å²) in [6.07, 6.45) is 4.72. The minimum Gasteiger partial charge on any atom is -0.355 e. The number of piperidine rings is 1. The summed E-state index contributed by atoms with van der Waals surface area (Å²) in [7, 11) is 0. The summed E-state index contributed by atoms with van der Waals surface area (Å²) in [4.78, 5) is 19.9. The van der Waals surface area contributed by atoms with Crippen LogP contribution in [0.2, 0.25) is 0 Å². The van der Waals surface area contributed by atoms with Gasteiger partial charge < -0.3 is 10.2 Å². The lowest BCUT2D eigenvalue weighted by molar-refractivity contribution is -0.120. The zero-order chi connectivity index (χ0) is 18.8. The van der Waals surface area contributed by atoms with E-state index in [-0.39, 0.29) is 11.8 Å². The first-order chi connectivity index (χ1) is 13.2. The molecule has 1 amide bonds. The van der Waals surface area contributed by atoms with Gasteiger partial charge in [0.2, 0.25) is 5.91 Å². The Labute approximate surface area is 164 Å². The Morgan fingerprint density at radius 1 is 1.33 bits per heavy atom. The zero-order valence-corrected chi connectivity index (χ0v) is 16.7. The maximum atomic E-state index is 13.0. The fraction of sp³-hybridized carbons (Fsp3) is 0.364. The van der Waals surface area contributed by atoms with Gasteiger partial charge >= 0.3 is 0 Å². The van der Waals surface area contributed by atoms with Crippen LogP contribution in [0.3, 0.4) is 0 Å². The number of hydrogen-bond donors (Lipinski definition) is 1. The molecule has 1 N–H and O–H groups in total. The molecule has 1 atom stereocenters. The van der Waals surface area contributed by atoms with Gasteiger partial charge in [-0.15, -0.1) is 11.3 Å². The van der Waals surface area contributed by atoms with Crippen LogP contribution in [0.25, 0.3) is 10.1 Å². The first kappa shape index (κ1) is 18.0. The highest BCUT2D eigenvalue weighted by Crippen LogP contribution is 2.31. The summed E-state index contributed by atoms with van der Waals surface area (Å²) < 4.78 is 1.25. The smallest absolute Gasteiger partial charge is 0.229 e. The Hall–Kier alpha value is -2.40. The SMILES string of the molecule is CCc1cccc(C)c1NC(=O)C1CCCN(c2nccc3sccc23)C1. The van der Waals surface area contributed by atoms with Crippen molar-refractivity contribution < 1.29 is 4.79 Å². The number of nitrogens with one attached hydrogen (secondary N) is 1. The van der Waals surface area contributed by atoms with Gasteiger partial charge in [0.1, 0.15) is 5.82 Å². The number of pyridine rings is 1. The molecule has 27 heavy (non-hydrogen) atoms. The third kappa shape index (κ3) is 3.56. The van der Waals surface area contributed by atoms with E-state index >= 15 is 0 Å². The molecule has 1 saturated heterocycles. The van der Waals surface area contributed by atoms with Gasteiger partial charge in [0.25, 0.3) is 0 Å². The molecule has 1 aromatic carbocycles. The predicted molar refractivity (Wildman–Crippen MR) is 114 cm³/mol. The number of nitrogens with zero attached hydrogens (tertiary/aromatic N) is 2. The summed E-state index contributed by atoms with van der Waals surface area (Å²) in [5, 5.41) is 6.52. The molecule has 0 aliphatic carbocycles. The van der Waals surface area contributed by atoms with Crippen LogP contribution in [0.1, 0.15) is 30.9 Å². The number of rotatable bonds is 4. The summed E-state index contributed by atoms with van der Waals surface area (Å²) in [5.41, 5.74) is 3.31. The van der Waals surface area contributed by atoms with Crippen LogP contribution < -0.4 is 10.2 Å². The number of carbonyl (C=O) groups excluding carboxylic acids is 1. The van der Waals surface area contributed by atoms with E-state index in [0.717, 1.165) is 49.4 Å². The summed E-state index contributed by atoms with van der Waals surface area (Å²) in [6.45, 7) is 5.86. The molecule has 1 unspecified atom stereocenters. The van der Waals surface area contributed by atoms with Gasteiger partial charge in [0.15, 0.2) is 0 Å². The van der Waals surface area contributed by atoms with Crippen LogP contribution in [0.5, 0.6) is 0 Å². The first-order valence-corrected chi connectivity index (χ1v) is 10.5. The van der Waals surface area contributed by atoms with Gasteiger partial charge in [-0.25, -0.2) is 4.98 Å². The van der Waals surface area contributed by atoms with Crippen LogP contribution >= 0.6 is 11.3 Å². The molecule has 1 aliphatic rings. The van der Waals surface area contributed by atoms with E-state index in [1.54, 1.807) is 11.3 Å². The Balaban J connectivity index is 1.53. The average molecular weight is 380 g/mol. The van der Waals surface area contributed by atoms with E-state index in [4.69, 9.17) is 0 Å². The largest absolute Gasteiger partial charge is 0.355 e. The standard InChI is InChI=1S/C22H25N3OS/c1-3-16-7-4-6-15(2)20(16)24-22(26)17-8-5-12-25(14-17)21-18-10-13-27-19(18)9-11-23-21/h4,6-7,9-11,13,17H,3,5,8,12,14H2,1-2H3,(H,24,26). The van der Waals surface area contributed by atoms with Crippen molar-refractivity contribution >= 4 is 38.8 Å². The van der Waals surface area contributed by atoms with Crippen molar-refractivity contribution in [3.8, 4) is 0 Å². The number of hydrogen-bond acceptors (Lipinski definition) is 4.